The highest BCUT2D eigenvalue weighted by atomic mass is 16.5. The smallest absolute Gasteiger partial charge is 0.254 e. The molecule has 2 fully saturated rings. The third kappa shape index (κ3) is 4.36. The lowest BCUT2D eigenvalue weighted by atomic mass is 10.0. The van der Waals surface area contributed by atoms with Gasteiger partial charge in [-0.1, -0.05) is 6.07 Å². The van der Waals surface area contributed by atoms with E-state index in [2.05, 4.69) is 11.8 Å². The topological polar surface area (TPSA) is 53.1 Å². The number of ether oxygens (including phenoxy) is 1. The fourth-order valence-electron chi connectivity index (χ4n) is 3.80. The molecule has 0 bridgehead atoms. The Morgan fingerprint density at radius 1 is 1.12 bits per heavy atom. The lowest BCUT2D eigenvalue weighted by Gasteiger charge is -2.38. The molecule has 142 valence electrons. The van der Waals surface area contributed by atoms with Gasteiger partial charge in [0.1, 0.15) is 5.75 Å². The molecule has 26 heavy (non-hydrogen) atoms. The number of benzene rings is 1. The monoisotopic (exact) mass is 359 g/mol. The first-order valence-electron chi connectivity index (χ1n) is 9.53. The summed E-state index contributed by atoms with van der Waals surface area (Å²) >= 11 is 0. The number of hydrogen-bond acceptors (Lipinski definition) is 4. The van der Waals surface area contributed by atoms with Crippen LogP contribution in [0.3, 0.4) is 0 Å². The maximum Gasteiger partial charge on any atom is 0.254 e. The van der Waals surface area contributed by atoms with Gasteiger partial charge in [-0.3, -0.25) is 14.5 Å². The molecule has 6 heteroatoms. The molecule has 3 rings (SSSR count). The minimum atomic E-state index is 0.0273. The van der Waals surface area contributed by atoms with Crippen molar-refractivity contribution < 1.29 is 14.3 Å². The highest BCUT2D eigenvalue weighted by Crippen LogP contribution is 2.18. The fourth-order valence-corrected chi connectivity index (χ4v) is 3.80. The SMILES string of the molecule is COc1cccc(C(=O)N2CCN(CC(=O)N3CCCCC3C)CC2)c1. The molecule has 0 saturated carbocycles. The molecule has 0 aromatic heterocycles. The first-order chi connectivity index (χ1) is 12.6. The van der Waals surface area contributed by atoms with Crippen molar-refractivity contribution >= 4 is 11.8 Å². The summed E-state index contributed by atoms with van der Waals surface area (Å²) in [5, 5.41) is 0. The van der Waals surface area contributed by atoms with Crippen molar-refractivity contribution in [2.24, 2.45) is 0 Å². The molecule has 2 saturated heterocycles. The van der Waals surface area contributed by atoms with E-state index in [1.54, 1.807) is 13.2 Å². The van der Waals surface area contributed by atoms with E-state index in [0.29, 0.717) is 37.0 Å². The van der Waals surface area contributed by atoms with Gasteiger partial charge in [0.05, 0.1) is 13.7 Å². The van der Waals surface area contributed by atoms with Gasteiger partial charge < -0.3 is 14.5 Å². The number of likely N-dealkylation sites (tertiary alicyclic amines) is 1. The van der Waals surface area contributed by atoms with Gasteiger partial charge in [0.25, 0.3) is 5.91 Å². The Kier molecular flexibility index (Phi) is 6.14. The van der Waals surface area contributed by atoms with E-state index in [1.165, 1.54) is 6.42 Å². The second kappa shape index (κ2) is 8.54. The zero-order chi connectivity index (χ0) is 18.5. The number of piperazine rings is 1. The lowest BCUT2D eigenvalue weighted by Crippen LogP contribution is -2.53. The Bertz CT molecular complexity index is 641. The molecule has 1 atom stereocenters. The average Bonchev–Trinajstić information content (AvgIpc) is 2.68. The summed E-state index contributed by atoms with van der Waals surface area (Å²) in [7, 11) is 1.60. The highest BCUT2D eigenvalue weighted by molar-refractivity contribution is 5.94. The van der Waals surface area contributed by atoms with Crippen LogP contribution in [0, 0.1) is 0 Å². The van der Waals surface area contributed by atoms with Crippen molar-refractivity contribution in [2.45, 2.75) is 32.2 Å². The van der Waals surface area contributed by atoms with Crippen molar-refractivity contribution in [3.8, 4) is 5.75 Å². The molecule has 1 unspecified atom stereocenters. The van der Waals surface area contributed by atoms with Gasteiger partial charge in [-0.25, -0.2) is 0 Å². The molecule has 2 amide bonds. The maximum atomic E-state index is 12.7. The van der Waals surface area contributed by atoms with Crippen molar-refractivity contribution in [3.63, 3.8) is 0 Å². The van der Waals surface area contributed by atoms with E-state index in [-0.39, 0.29) is 11.8 Å². The van der Waals surface area contributed by atoms with Crippen LogP contribution in [0.2, 0.25) is 0 Å². The normalized spacial score (nSPS) is 21.5. The summed E-state index contributed by atoms with van der Waals surface area (Å²) in [5.74, 6) is 0.944. The van der Waals surface area contributed by atoms with Crippen LogP contribution in [-0.4, -0.2) is 78.9 Å². The van der Waals surface area contributed by atoms with Crippen molar-refractivity contribution in [3.05, 3.63) is 29.8 Å². The van der Waals surface area contributed by atoms with Crippen LogP contribution in [0.5, 0.6) is 5.75 Å². The van der Waals surface area contributed by atoms with Crippen molar-refractivity contribution in [1.82, 2.24) is 14.7 Å². The van der Waals surface area contributed by atoms with Gasteiger partial charge >= 0.3 is 0 Å². The maximum absolute atomic E-state index is 12.7. The molecular formula is C20H29N3O3. The number of hydrogen-bond donors (Lipinski definition) is 0. The number of methoxy groups -OCH3 is 1. The Hall–Kier alpha value is -2.08. The van der Waals surface area contributed by atoms with Gasteiger partial charge in [-0.2, -0.15) is 0 Å². The van der Waals surface area contributed by atoms with Gasteiger partial charge in [-0.15, -0.1) is 0 Å². The lowest BCUT2D eigenvalue weighted by molar-refractivity contribution is -0.136. The third-order valence-corrected chi connectivity index (χ3v) is 5.46. The largest absolute Gasteiger partial charge is 0.497 e. The number of amides is 2. The molecule has 2 aliphatic rings. The van der Waals surface area contributed by atoms with E-state index in [0.717, 1.165) is 32.5 Å². The molecule has 0 aliphatic carbocycles. The summed E-state index contributed by atoms with van der Waals surface area (Å²) in [6.07, 6.45) is 3.43. The Morgan fingerprint density at radius 2 is 1.88 bits per heavy atom. The van der Waals surface area contributed by atoms with Crippen LogP contribution < -0.4 is 4.74 Å². The van der Waals surface area contributed by atoms with E-state index >= 15 is 0 Å². The van der Waals surface area contributed by atoms with Gasteiger partial charge in [-0.05, 0) is 44.4 Å². The summed E-state index contributed by atoms with van der Waals surface area (Å²) < 4.78 is 5.20. The molecule has 0 radical (unpaired) electrons. The Balaban J connectivity index is 1.50. The molecule has 0 spiro atoms. The average molecular weight is 359 g/mol. The number of carbonyl (C=O) groups is 2. The predicted molar refractivity (Wildman–Crippen MR) is 100 cm³/mol. The highest BCUT2D eigenvalue weighted by Gasteiger charge is 2.27. The minimum Gasteiger partial charge on any atom is -0.497 e. The molecule has 2 aliphatic heterocycles. The van der Waals surface area contributed by atoms with Crippen molar-refractivity contribution in [2.75, 3.05) is 46.4 Å². The van der Waals surface area contributed by atoms with Gasteiger partial charge in [0, 0.05) is 44.3 Å². The third-order valence-electron chi connectivity index (χ3n) is 5.46. The zero-order valence-electron chi connectivity index (χ0n) is 15.8. The second-order valence-electron chi connectivity index (χ2n) is 7.23. The Morgan fingerprint density at radius 3 is 2.58 bits per heavy atom. The summed E-state index contributed by atoms with van der Waals surface area (Å²) in [6, 6.07) is 7.61. The summed E-state index contributed by atoms with van der Waals surface area (Å²) in [4.78, 5) is 31.3. The van der Waals surface area contributed by atoms with Crippen LogP contribution in [0.4, 0.5) is 0 Å². The summed E-state index contributed by atoms with van der Waals surface area (Å²) in [5.41, 5.74) is 0.649. The van der Waals surface area contributed by atoms with Crippen molar-refractivity contribution in [1.29, 1.82) is 0 Å². The minimum absolute atomic E-state index is 0.0273. The molecule has 2 heterocycles. The van der Waals surface area contributed by atoms with Crippen LogP contribution >= 0.6 is 0 Å². The van der Waals surface area contributed by atoms with E-state index in [1.807, 2.05) is 28.0 Å². The van der Waals surface area contributed by atoms with E-state index in [9.17, 15) is 9.59 Å². The standard InChI is InChI=1S/C20H29N3O3/c1-16-6-3-4-9-23(16)19(24)15-21-10-12-22(13-11-21)20(25)17-7-5-8-18(14-17)26-2/h5,7-8,14,16H,3-4,6,9-13,15H2,1-2H3. The quantitative estimate of drug-likeness (QED) is 0.823. The Labute approximate surface area is 155 Å². The number of nitrogens with zero attached hydrogens (tertiary/aromatic N) is 3. The fraction of sp³-hybridized carbons (Fsp3) is 0.600. The van der Waals surface area contributed by atoms with Crippen LogP contribution in [0.25, 0.3) is 0 Å². The van der Waals surface area contributed by atoms with Crippen LogP contribution in [-0.2, 0) is 4.79 Å². The van der Waals surface area contributed by atoms with Crippen LogP contribution in [0.1, 0.15) is 36.5 Å². The number of carbonyl (C=O) groups excluding carboxylic acids is 2. The first-order valence-corrected chi connectivity index (χ1v) is 9.53. The number of piperidine rings is 1. The first kappa shape index (κ1) is 18.7. The second-order valence-corrected chi connectivity index (χ2v) is 7.23. The van der Waals surface area contributed by atoms with Gasteiger partial charge in [0.2, 0.25) is 5.91 Å². The van der Waals surface area contributed by atoms with Crippen LogP contribution in [0.15, 0.2) is 24.3 Å². The van der Waals surface area contributed by atoms with E-state index in [4.69, 9.17) is 4.74 Å². The number of rotatable bonds is 4. The van der Waals surface area contributed by atoms with Gasteiger partial charge in [0.15, 0.2) is 0 Å². The predicted octanol–water partition coefficient (Wildman–Crippen LogP) is 1.85. The summed E-state index contributed by atoms with van der Waals surface area (Å²) in [6.45, 7) is 6.27. The molecule has 1 aromatic rings. The zero-order valence-corrected chi connectivity index (χ0v) is 15.8. The molecule has 0 N–H and O–H groups in total. The molecule has 6 nitrogen and oxygen atoms in total. The molecular weight excluding hydrogens is 330 g/mol. The van der Waals surface area contributed by atoms with E-state index < -0.39 is 0 Å². The molecule has 1 aromatic carbocycles.